The van der Waals surface area contributed by atoms with E-state index in [0.29, 0.717) is 30.2 Å². The highest BCUT2D eigenvalue weighted by molar-refractivity contribution is 5.80. The number of carbonyl (C=O) groups is 1. The summed E-state index contributed by atoms with van der Waals surface area (Å²) in [5, 5.41) is 0. The van der Waals surface area contributed by atoms with Gasteiger partial charge in [-0.25, -0.2) is 8.78 Å². The lowest BCUT2D eigenvalue weighted by Gasteiger charge is -2.37. The molecule has 5 nitrogen and oxygen atoms in total. The highest BCUT2D eigenvalue weighted by Gasteiger charge is 2.32. The van der Waals surface area contributed by atoms with Crippen LogP contribution in [0.25, 0.3) is 0 Å². The first-order chi connectivity index (χ1) is 16.0. The van der Waals surface area contributed by atoms with Gasteiger partial charge >= 0.3 is 0 Å². The second kappa shape index (κ2) is 9.90. The number of methoxy groups -OCH3 is 2. The van der Waals surface area contributed by atoms with Crippen molar-refractivity contribution in [2.45, 2.75) is 18.9 Å². The van der Waals surface area contributed by atoms with Crippen LogP contribution in [0.15, 0.2) is 60.7 Å². The summed E-state index contributed by atoms with van der Waals surface area (Å²) in [6.45, 7) is 0.684. The fourth-order valence-electron chi connectivity index (χ4n) is 4.09. The molecule has 4 rings (SSSR count). The third kappa shape index (κ3) is 5.08. The summed E-state index contributed by atoms with van der Waals surface area (Å²) >= 11 is 0. The summed E-state index contributed by atoms with van der Waals surface area (Å²) in [5.74, 6) is 0.920. The Bertz CT molecular complexity index is 1120. The van der Waals surface area contributed by atoms with Crippen molar-refractivity contribution < 1.29 is 27.8 Å². The molecule has 0 aromatic heterocycles. The highest BCUT2D eigenvalue weighted by atomic mass is 19.1. The second-order valence-corrected chi connectivity index (χ2v) is 7.83. The zero-order valence-electron chi connectivity index (χ0n) is 18.5. The predicted molar refractivity (Wildman–Crippen MR) is 120 cm³/mol. The molecular formula is C26H25F2NO4. The largest absolute Gasteiger partial charge is 0.493 e. The van der Waals surface area contributed by atoms with Gasteiger partial charge in [-0.2, -0.15) is 0 Å². The average Bonchev–Trinajstić information content (AvgIpc) is 2.83. The van der Waals surface area contributed by atoms with Crippen LogP contribution in [0, 0.1) is 11.6 Å². The molecule has 1 aliphatic rings. The van der Waals surface area contributed by atoms with E-state index in [4.69, 9.17) is 14.2 Å². The van der Waals surface area contributed by atoms with Gasteiger partial charge in [-0.1, -0.05) is 12.1 Å². The monoisotopic (exact) mass is 453 g/mol. The van der Waals surface area contributed by atoms with Gasteiger partial charge in [-0.3, -0.25) is 4.79 Å². The first-order valence-corrected chi connectivity index (χ1v) is 10.7. The Morgan fingerprint density at radius 1 is 0.939 bits per heavy atom. The van der Waals surface area contributed by atoms with Crippen LogP contribution in [0.4, 0.5) is 8.78 Å². The Labute approximate surface area is 191 Å². The number of amides is 1. The minimum absolute atomic E-state index is 0.0882. The molecule has 172 valence electrons. The summed E-state index contributed by atoms with van der Waals surface area (Å²) < 4.78 is 43.4. The van der Waals surface area contributed by atoms with E-state index in [-0.39, 0.29) is 36.6 Å². The minimum atomic E-state index is -0.383. The zero-order chi connectivity index (χ0) is 23.4. The van der Waals surface area contributed by atoms with E-state index in [2.05, 4.69) is 0 Å². The number of rotatable bonds is 7. The van der Waals surface area contributed by atoms with Gasteiger partial charge < -0.3 is 19.1 Å². The first-order valence-electron chi connectivity index (χ1n) is 10.7. The van der Waals surface area contributed by atoms with Gasteiger partial charge in [0, 0.05) is 6.54 Å². The summed E-state index contributed by atoms with van der Waals surface area (Å²) in [5.41, 5.74) is 2.69. The fourth-order valence-corrected chi connectivity index (χ4v) is 4.09. The quantitative estimate of drug-likeness (QED) is 0.519. The van der Waals surface area contributed by atoms with Crippen molar-refractivity contribution in [2.75, 3.05) is 27.4 Å². The Balaban J connectivity index is 1.63. The van der Waals surface area contributed by atoms with Gasteiger partial charge in [-0.05, 0) is 71.6 Å². The van der Waals surface area contributed by atoms with Gasteiger partial charge in [0.2, 0.25) is 5.91 Å². The summed E-state index contributed by atoms with van der Waals surface area (Å²) in [7, 11) is 3.15. The molecule has 3 aromatic carbocycles. The third-order valence-electron chi connectivity index (χ3n) is 5.81. The number of nitrogens with zero attached hydrogens (tertiary/aromatic N) is 1. The van der Waals surface area contributed by atoms with E-state index in [9.17, 15) is 13.6 Å². The molecule has 0 N–H and O–H groups in total. The van der Waals surface area contributed by atoms with Crippen LogP contribution in [0.3, 0.4) is 0 Å². The van der Waals surface area contributed by atoms with Gasteiger partial charge in [0.05, 0.1) is 26.7 Å². The van der Waals surface area contributed by atoms with Crippen molar-refractivity contribution in [2.24, 2.45) is 0 Å². The molecule has 0 aliphatic carbocycles. The van der Waals surface area contributed by atoms with Crippen LogP contribution in [0.5, 0.6) is 17.2 Å². The number of halogens is 2. The molecule has 3 aromatic rings. The summed E-state index contributed by atoms with van der Waals surface area (Å²) in [6, 6.07) is 15.1. The molecule has 1 aliphatic heterocycles. The van der Waals surface area contributed by atoms with Crippen LogP contribution in [-0.2, 0) is 17.6 Å². The summed E-state index contributed by atoms with van der Waals surface area (Å²) in [6.07, 6.45) is 0.799. The Morgan fingerprint density at radius 3 is 2.18 bits per heavy atom. The number of hydrogen-bond donors (Lipinski definition) is 0. The number of hydrogen-bond acceptors (Lipinski definition) is 4. The summed E-state index contributed by atoms with van der Waals surface area (Å²) in [4.78, 5) is 15.1. The van der Waals surface area contributed by atoms with Crippen LogP contribution in [-0.4, -0.2) is 38.2 Å². The lowest BCUT2D eigenvalue weighted by atomic mass is 9.91. The molecule has 1 atom stereocenters. The van der Waals surface area contributed by atoms with Gasteiger partial charge in [0.15, 0.2) is 11.5 Å². The third-order valence-corrected chi connectivity index (χ3v) is 5.81. The van der Waals surface area contributed by atoms with Gasteiger partial charge in [-0.15, -0.1) is 0 Å². The van der Waals surface area contributed by atoms with Crippen molar-refractivity contribution in [1.29, 1.82) is 0 Å². The lowest BCUT2D eigenvalue weighted by Crippen LogP contribution is -2.43. The molecule has 0 bridgehead atoms. The lowest BCUT2D eigenvalue weighted by molar-refractivity contribution is -0.134. The van der Waals surface area contributed by atoms with Crippen molar-refractivity contribution in [3.8, 4) is 17.2 Å². The number of benzene rings is 3. The van der Waals surface area contributed by atoms with Crippen LogP contribution in [0.1, 0.15) is 22.7 Å². The maximum atomic E-state index is 13.3. The maximum absolute atomic E-state index is 13.3. The van der Waals surface area contributed by atoms with Crippen LogP contribution in [0.2, 0.25) is 0 Å². The van der Waals surface area contributed by atoms with E-state index in [0.717, 1.165) is 16.7 Å². The SMILES string of the molecule is COc1cc2c(cc1OC)C(COc1ccc(F)cc1)N(C(=O)Cc1ccc(F)cc1)CC2. The van der Waals surface area contributed by atoms with E-state index in [1.54, 1.807) is 43.4 Å². The minimum Gasteiger partial charge on any atom is -0.493 e. The first kappa shape index (κ1) is 22.6. The molecule has 0 saturated heterocycles. The van der Waals surface area contributed by atoms with Crippen LogP contribution >= 0.6 is 0 Å². The Hall–Kier alpha value is -3.61. The van der Waals surface area contributed by atoms with Crippen molar-refractivity contribution in [3.05, 3.63) is 89.0 Å². The molecule has 33 heavy (non-hydrogen) atoms. The number of carbonyl (C=O) groups excluding carboxylic acids is 1. The molecule has 7 heteroatoms. The number of ether oxygens (including phenoxy) is 3. The molecule has 0 saturated carbocycles. The van der Waals surface area contributed by atoms with Crippen LogP contribution < -0.4 is 14.2 Å². The second-order valence-electron chi connectivity index (χ2n) is 7.83. The molecule has 0 radical (unpaired) electrons. The topological polar surface area (TPSA) is 48.0 Å². The van der Waals surface area contributed by atoms with Gasteiger partial charge in [0.1, 0.15) is 24.0 Å². The smallest absolute Gasteiger partial charge is 0.227 e. The molecule has 1 unspecified atom stereocenters. The molecular weight excluding hydrogens is 428 g/mol. The standard InChI is InChI=1S/C26H25F2NO4/c1-31-24-14-18-11-12-29(26(30)13-17-3-5-19(27)6-4-17)23(22(18)15-25(24)32-2)16-33-21-9-7-20(28)8-10-21/h3-10,14-15,23H,11-13,16H2,1-2H3. The molecule has 1 heterocycles. The van der Waals surface area contributed by atoms with Crippen molar-refractivity contribution in [1.82, 2.24) is 4.90 Å². The van der Waals surface area contributed by atoms with Crippen molar-refractivity contribution >= 4 is 5.91 Å². The zero-order valence-corrected chi connectivity index (χ0v) is 18.5. The fraction of sp³-hybridized carbons (Fsp3) is 0.269. The van der Waals surface area contributed by atoms with E-state index in [1.807, 2.05) is 12.1 Å². The molecule has 0 fully saturated rings. The maximum Gasteiger partial charge on any atom is 0.227 e. The van der Waals surface area contributed by atoms with E-state index in [1.165, 1.54) is 24.3 Å². The highest BCUT2D eigenvalue weighted by Crippen LogP contribution is 2.38. The normalized spacial score (nSPS) is 15.0. The predicted octanol–water partition coefficient (Wildman–Crippen LogP) is 4.73. The molecule has 0 spiro atoms. The Morgan fingerprint density at radius 2 is 1.55 bits per heavy atom. The number of fused-ring (bicyclic) bond motifs is 1. The van der Waals surface area contributed by atoms with E-state index < -0.39 is 0 Å². The Kier molecular flexibility index (Phi) is 6.77. The molecule has 1 amide bonds. The van der Waals surface area contributed by atoms with Crippen molar-refractivity contribution in [3.63, 3.8) is 0 Å². The van der Waals surface area contributed by atoms with Gasteiger partial charge in [0.25, 0.3) is 0 Å². The average molecular weight is 453 g/mol. The van der Waals surface area contributed by atoms with E-state index >= 15 is 0 Å².